The number of nitrogens with one attached hydrogen (secondary N) is 3. The van der Waals surface area contributed by atoms with E-state index >= 15 is 0 Å². The van der Waals surface area contributed by atoms with Crippen molar-refractivity contribution in [1.82, 2.24) is 25.9 Å². The van der Waals surface area contributed by atoms with Gasteiger partial charge in [-0.2, -0.15) is 0 Å². The predicted octanol–water partition coefficient (Wildman–Crippen LogP) is 3.64. The second kappa shape index (κ2) is 17.8. The molecular formula is C34H36N6O8S2. The third kappa shape index (κ3) is 10.0. The molecule has 0 bridgehead atoms. The maximum absolute atomic E-state index is 12.5. The van der Waals surface area contributed by atoms with Crippen molar-refractivity contribution in [2.45, 2.75) is 32.5 Å². The van der Waals surface area contributed by atoms with Crippen LogP contribution >= 0.6 is 22.7 Å². The molecule has 14 nitrogen and oxygen atoms in total. The molecule has 0 fully saturated rings. The molecule has 4 aromatic heterocycles. The maximum atomic E-state index is 12.5. The minimum atomic E-state index is -1.09. The lowest BCUT2D eigenvalue weighted by Crippen LogP contribution is -2.49. The molecule has 16 heteroatoms. The highest BCUT2D eigenvalue weighted by atomic mass is 32.1. The third-order valence-corrected chi connectivity index (χ3v) is 9.63. The highest BCUT2D eigenvalue weighted by Gasteiger charge is 2.24. The molecule has 0 aliphatic carbocycles. The first-order valence-corrected chi connectivity index (χ1v) is 16.8. The number of benzene rings is 1. The average Bonchev–Trinajstić information content (AvgIpc) is 3.78. The largest absolute Gasteiger partial charge is 0.468 e. The fourth-order valence-corrected chi connectivity index (χ4v) is 6.40. The van der Waals surface area contributed by atoms with Crippen molar-refractivity contribution >= 4 is 73.0 Å². The monoisotopic (exact) mass is 720 g/mol. The van der Waals surface area contributed by atoms with E-state index in [4.69, 9.17) is 15.2 Å². The second-order valence-electron chi connectivity index (χ2n) is 10.7. The maximum Gasteiger partial charge on any atom is 0.408 e. The van der Waals surface area contributed by atoms with E-state index in [9.17, 15) is 24.0 Å². The summed E-state index contributed by atoms with van der Waals surface area (Å²) < 4.78 is 16.2. The van der Waals surface area contributed by atoms with Crippen LogP contribution in [0.25, 0.3) is 20.4 Å². The van der Waals surface area contributed by atoms with Crippen LogP contribution in [0.15, 0.2) is 67.0 Å². The van der Waals surface area contributed by atoms with E-state index in [-0.39, 0.29) is 31.5 Å². The number of hydrogen-bond acceptors (Lipinski definition) is 13. The molecule has 262 valence electrons. The van der Waals surface area contributed by atoms with Crippen LogP contribution in [0.5, 0.6) is 0 Å². The number of hydrogen-bond donors (Lipinski definition) is 4. The Morgan fingerprint density at radius 3 is 1.78 bits per heavy atom. The number of amides is 3. The normalized spacial score (nSPS) is 11.8. The van der Waals surface area contributed by atoms with Crippen molar-refractivity contribution in [3.8, 4) is 0 Å². The van der Waals surface area contributed by atoms with Crippen molar-refractivity contribution in [2.75, 3.05) is 27.3 Å². The Labute approximate surface area is 295 Å². The summed E-state index contributed by atoms with van der Waals surface area (Å²) >= 11 is 2.68. The molecule has 0 unspecified atom stereocenters. The van der Waals surface area contributed by atoms with E-state index in [2.05, 4.69) is 30.7 Å². The Hall–Kier alpha value is -5.45. The number of methoxy groups -OCH3 is 2. The number of thiophene rings is 2. The SMILES string of the molecule is COC(=O)[C@@H](CNC(=O)c1cc2nccc(C)c2s1)NC(=O)OCc1ccccc1.COC(=O)[C@H](N)CNC(=O)c1cc2nccc(C)c2s1. The number of pyridine rings is 2. The number of alkyl carbamates (subject to hydrolysis) is 1. The molecule has 0 aliphatic rings. The van der Waals surface area contributed by atoms with Crippen molar-refractivity contribution in [3.63, 3.8) is 0 Å². The zero-order chi connectivity index (χ0) is 36.2. The molecular weight excluding hydrogens is 685 g/mol. The van der Waals surface area contributed by atoms with E-state index in [0.717, 1.165) is 37.1 Å². The number of carbonyl (C=O) groups excluding carboxylic acids is 5. The third-order valence-electron chi connectivity index (χ3n) is 7.11. The van der Waals surface area contributed by atoms with Crippen molar-refractivity contribution in [1.29, 1.82) is 0 Å². The molecule has 50 heavy (non-hydrogen) atoms. The van der Waals surface area contributed by atoms with Crippen molar-refractivity contribution in [3.05, 3.63) is 93.4 Å². The van der Waals surface area contributed by atoms with Crippen LogP contribution in [0.1, 0.15) is 36.0 Å². The van der Waals surface area contributed by atoms with Gasteiger partial charge in [0, 0.05) is 25.5 Å². The van der Waals surface area contributed by atoms with Gasteiger partial charge in [-0.3, -0.25) is 24.4 Å². The van der Waals surface area contributed by atoms with Crippen molar-refractivity contribution < 1.29 is 38.2 Å². The summed E-state index contributed by atoms with van der Waals surface area (Å²) in [7, 11) is 2.46. The van der Waals surface area contributed by atoms with Crippen LogP contribution in [0, 0.1) is 13.8 Å². The molecule has 2 atom stereocenters. The van der Waals surface area contributed by atoms with Gasteiger partial charge in [0.25, 0.3) is 11.8 Å². The van der Waals surface area contributed by atoms with E-state index in [1.54, 1.807) is 24.5 Å². The average molecular weight is 721 g/mol. The number of aryl methyl sites for hydroxylation is 2. The smallest absolute Gasteiger partial charge is 0.408 e. The number of nitrogens with zero attached hydrogens (tertiary/aromatic N) is 2. The molecule has 5 N–H and O–H groups in total. The highest BCUT2D eigenvalue weighted by Crippen LogP contribution is 2.27. The van der Waals surface area contributed by atoms with E-state index in [0.29, 0.717) is 9.75 Å². The lowest BCUT2D eigenvalue weighted by molar-refractivity contribution is -0.143. The number of aromatic nitrogens is 2. The van der Waals surface area contributed by atoms with Gasteiger partial charge in [-0.25, -0.2) is 9.59 Å². The Balaban J connectivity index is 0.000000244. The number of esters is 2. The van der Waals surface area contributed by atoms with Crippen LogP contribution in [-0.2, 0) is 30.4 Å². The number of ether oxygens (including phenoxy) is 3. The molecule has 4 heterocycles. The predicted molar refractivity (Wildman–Crippen MR) is 189 cm³/mol. The van der Waals surface area contributed by atoms with Gasteiger partial charge in [-0.1, -0.05) is 30.3 Å². The van der Waals surface area contributed by atoms with Crippen LogP contribution in [0.4, 0.5) is 4.79 Å². The molecule has 0 spiro atoms. The molecule has 5 rings (SSSR count). The first kappa shape index (κ1) is 37.4. The van der Waals surface area contributed by atoms with Gasteiger partial charge in [-0.05, 0) is 54.8 Å². The van der Waals surface area contributed by atoms with Crippen LogP contribution < -0.4 is 21.7 Å². The standard InChI is InChI=1S/C21H21N3O5S.C13H15N3O3S/c1-13-8-9-22-15-10-17(30-18(13)15)19(25)23-11-16(20(26)28-2)24-21(27)29-12-14-6-4-3-5-7-14;1-7-3-4-15-9-5-10(20-11(7)9)12(17)16-6-8(14)13(18)19-2/h3-10,16H,11-12H2,1-2H3,(H,23,25)(H,24,27);3-5,8H,6,14H2,1-2H3,(H,16,17)/t16-;8-/m11/s1. The summed E-state index contributed by atoms with van der Waals surface area (Å²) in [6, 6.07) is 14.4. The topological polar surface area (TPSA) is 201 Å². The summed E-state index contributed by atoms with van der Waals surface area (Å²) in [5.74, 6) is -1.89. The fourth-order valence-electron chi connectivity index (χ4n) is 4.40. The highest BCUT2D eigenvalue weighted by molar-refractivity contribution is 7.21. The van der Waals surface area contributed by atoms with Gasteiger partial charge < -0.3 is 35.9 Å². The Morgan fingerprint density at radius 2 is 1.28 bits per heavy atom. The lowest BCUT2D eigenvalue weighted by atomic mass is 10.2. The molecule has 3 amide bonds. The van der Waals surface area contributed by atoms with Crippen LogP contribution in [-0.4, -0.2) is 79.2 Å². The number of nitrogens with two attached hydrogens (primary N) is 1. The zero-order valence-corrected chi connectivity index (χ0v) is 29.3. The van der Waals surface area contributed by atoms with Crippen molar-refractivity contribution in [2.24, 2.45) is 5.73 Å². The number of rotatable bonds is 11. The Kier molecular flexibility index (Phi) is 13.3. The van der Waals surface area contributed by atoms with Gasteiger partial charge in [-0.15, -0.1) is 22.7 Å². The van der Waals surface area contributed by atoms with Gasteiger partial charge in [0.1, 0.15) is 18.7 Å². The first-order valence-electron chi connectivity index (χ1n) is 15.2. The molecule has 5 aromatic rings. The summed E-state index contributed by atoms with van der Waals surface area (Å²) in [4.78, 5) is 69.2. The quantitative estimate of drug-likeness (QED) is 0.115. The van der Waals surface area contributed by atoms with Gasteiger partial charge in [0.2, 0.25) is 0 Å². The zero-order valence-electron chi connectivity index (χ0n) is 27.7. The Bertz CT molecular complexity index is 1980. The summed E-state index contributed by atoms with van der Waals surface area (Å²) in [6.07, 6.45) is 2.61. The molecule has 0 saturated heterocycles. The van der Waals surface area contributed by atoms with Crippen LogP contribution in [0.3, 0.4) is 0 Å². The molecule has 0 aliphatic heterocycles. The summed E-state index contributed by atoms with van der Waals surface area (Å²) in [5, 5.41) is 7.68. The van der Waals surface area contributed by atoms with Crippen LogP contribution in [0.2, 0.25) is 0 Å². The van der Waals surface area contributed by atoms with Gasteiger partial charge >= 0.3 is 18.0 Å². The molecule has 0 saturated carbocycles. The van der Waals surface area contributed by atoms with E-state index in [1.807, 2.05) is 56.3 Å². The van der Waals surface area contributed by atoms with Gasteiger partial charge in [0.05, 0.1) is 44.4 Å². The number of fused-ring (bicyclic) bond motifs is 2. The minimum Gasteiger partial charge on any atom is -0.468 e. The molecule has 0 radical (unpaired) electrons. The van der Waals surface area contributed by atoms with E-state index in [1.165, 1.54) is 36.9 Å². The minimum absolute atomic E-state index is 0.0339. The van der Waals surface area contributed by atoms with Gasteiger partial charge in [0.15, 0.2) is 0 Å². The fraction of sp³-hybridized carbons (Fsp3) is 0.265. The number of carbonyl (C=O) groups is 5. The molecule has 1 aromatic carbocycles. The second-order valence-corrected chi connectivity index (χ2v) is 12.8. The lowest BCUT2D eigenvalue weighted by Gasteiger charge is -2.17. The first-order chi connectivity index (χ1) is 24.0. The summed E-state index contributed by atoms with van der Waals surface area (Å²) in [6.45, 7) is 3.86. The van der Waals surface area contributed by atoms with E-state index < -0.39 is 30.1 Å². The Morgan fingerprint density at radius 1 is 0.760 bits per heavy atom. The summed E-state index contributed by atoms with van der Waals surface area (Å²) in [5.41, 5.74) is 9.99.